The molecule has 2 aromatic carbocycles. The highest BCUT2D eigenvalue weighted by Gasteiger charge is 2.21. The van der Waals surface area contributed by atoms with Gasteiger partial charge in [0.2, 0.25) is 5.91 Å². The molecule has 1 amide bonds. The molecule has 0 saturated heterocycles. The minimum absolute atomic E-state index is 0.00643. The van der Waals surface area contributed by atoms with Crippen molar-refractivity contribution in [3.8, 4) is 0 Å². The van der Waals surface area contributed by atoms with Crippen LogP contribution in [0.15, 0.2) is 60.8 Å². The number of methoxy groups -OCH3 is 1. The predicted molar refractivity (Wildman–Crippen MR) is 119 cm³/mol. The summed E-state index contributed by atoms with van der Waals surface area (Å²) in [7, 11) is 1.37. The Labute approximate surface area is 176 Å². The standard InChI is InChI=1S/C23H26N2O3S/c1-16(24-22(26)19(15-29)13-17-8-4-3-5-9-17)12-18-14-25(23(27)28-2)21-11-7-6-10-20(18)21/h3-11,14,16,19,29H,12-13,15H2,1-2H3,(H,24,26)/t16-,19?/m1/s1. The highest BCUT2D eigenvalue weighted by atomic mass is 32.1. The minimum atomic E-state index is -0.429. The van der Waals surface area contributed by atoms with Gasteiger partial charge in [0.05, 0.1) is 18.5 Å². The number of nitrogens with zero attached hydrogens (tertiary/aromatic N) is 1. The number of aromatic nitrogens is 1. The average Bonchev–Trinajstić information content (AvgIpc) is 3.10. The van der Waals surface area contributed by atoms with Gasteiger partial charge in [-0.3, -0.25) is 9.36 Å². The second-order valence-corrected chi connectivity index (χ2v) is 7.56. The fraction of sp³-hybridized carbons (Fsp3) is 0.304. The lowest BCUT2D eigenvalue weighted by molar-refractivity contribution is -0.124. The number of hydrogen-bond donors (Lipinski definition) is 2. The van der Waals surface area contributed by atoms with Gasteiger partial charge in [-0.1, -0.05) is 48.5 Å². The number of carbonyl (C=O) groups excluding carboxylic acids is 2. The van der Waals surface area contributed by atoms with Crippen molar-refractivity contribution in [1.29, 1.82) is 0 Å². The summed E-state index contributed by atoms with van der Waals surface area (Å²) < 4.78 is 6.38. The molecule has 152 valence electrons. The molecule has 2 atom stereocenters. The topological polar surface area (TPSA) is 60.3 Å². The van der Waals surface area contributed by atoms with Crippen molar-refractivity contribution >= 4 is 35.5 Å². The van der Waals surface area contributed by atoms with Crippen LogP contribution in [0.1, 0.15) is 18.1 Å². The first-order valence-corrected chi connectivity index (χ1v) is 10.3. The lowest BCUT2D eigenvalue weighted by Gasteiger charge is -2.19. The van der Waals surface area contributed by atoms with E-state index in [4.69, 9.17) is 4.74 Å². The molecule has 5 nitrogen and oxygen atoms in total. The molecule has 0 aliphatic heterocycles. The van der Waals surface area contributed by atoms with Crippen molar-refractivity contribution in [3.05, 3.63) is 71.9 Å². The number of nitrogens with one attached hydrogen (secondary N) is 1. The molecule has 1 N–H and O–H groups in total. The Bertz CT molecular complexity index is 984. The highest BCUT2D eigenvalue weighted by molar-refractivity contribution is 7.80. The van der Waals surface area contributed by atoms with Crippen LogP contribution >= 0.6 is 12.6 Å². The van der Waals surface area contributed by atoms with E-state index >= 15 is 0 Å². The van der Waals surface area contributed by atoms with E-state index in [0.717, 1.165) is 22.0 Å². The molecular formula is C23H26N2O3S. The van der Waals surface area contributed by atoms with E-state index in [-0.39, 0.29) is 17.9 Å². The van der Waals surface area contributed by atoms with Gasteiger partial charge in [-0.2, -0.15) is 12.6 Å². The number of fused-ring (bicyclic) bond motifs is 1. The monoisotopic (exact) mass is 410 g/mol. The van der Waals surface area contributed by atoms with Gasteiger partial charge < -0.3 is 10.1 Å². The average molecular weight is 411 g/mol. The predicted octanol–water partition coefficient (Wildman–Crippen LogP) is 4.09. The van der Waals surface area contributed by atoms with Gasteiger partial charge in [-0.25, -0.2) is 4.79 Å². The third kappa shape index (κ3) is 5.01. The number of ether oxygens (including phenoxy) is 1. The maximum absolute atomic E-state index is 12.8. The van der Waals surface area contributed by atoms with Gasteiger partial charge >= 0.3 is 6.09 Å². The fourth-order valence-corrected chi connectivity index (χ4v) is 3.84. The highest BCUT2D eigenvalue weighted by Crippen LogP contribution is 2.23. The van der Waals surface area contributed by atoms with Crippen LogP contribution in [0, 0.1) is 5.92 Å². The first-order valence-electron chi connectivity index (χ1n) is 9.66. The van der Waals surface area contributed by atoms with E-state index in [1.165, 1.54) is 11.7 Å². The molecule has 1 aromatic heterocycles. The van der Waals surface area contributed by atoms with Crippen LogP contribution in [-0.2, 0) is 22.4 Å². The van der Waals surface area contributed by atoms with Crippen LogP contribution in [-0.4, -0.2) is 35.5 Å². The summed E-state index contributed by atoms with van der Waals surface area (Å²) in [6.07, 6.45) is 2.63. The third-order valence-electron chi connectivity index (χ3n) is 5.00. The summed E-state index contributed by atoms with van der Waals surface area (Å²) in [5, 5.41) is 4.08. The lowest BCUT2D eigenvalue weighted by Crippen LogP contribution is -2.39. The van der Waals surface area contributed by atoms with Crippen LogP contribution in [0.25, 0.3) is 10.9 Å². The van der Waals surface area contributed by atoms with Crippen LogP contribution in [0.4, 0.5) is 4.79 Å². The fourth-order valence-electron chi connectivity index (χ4n) is 3.54. The molecule has 0 radical (unpaired) electrons. The number of benzene rings is 2. The summed E-state index contributed by atoms with van der Waals surface area (Å²) in [4.78, 5) is 24.8. The third-order valence-corrected chi connectivity index (χ3v) is 5.44. The number of thiol groups is 1. The second kappa shape index (κ2) is 9.65. The number of carbonyl (C=O) groups is 2. The van der Waals surface area contributed by atoms with Crippen molar-refractivity contribution < 1.29 is 14.3 Å². The molecule has 0 bridgehead atoms. The van der Waals surface area contributed by atoms with E-state index in [9.17, 15) is 9.59 Å². The van der Waals surface area contributed by atoms with Crippen LogP contribution in [0.3, 0.4) is 0 Å². The minimum Gasteiger partial charge on any atom is -0.452 e. The molecule has 3 rings (SSSR count). The smallest absolute Gasteiger partial charge is 0.418 e. The van der Waals surface area contributed by atoms with Crippen molar-refractivity contribution in [2.45, 2.75) is 25.8 Å². The molecule has 6 heteroatoms. The quantitative estimate of drug-likeness (QED) is 0.577. The van der Waals surface area contributed by atoms with Gasteiger partial charge in [0, 0.05) is 23.4 Å². The molecule has 0 aliphatic rings. The van der Waals surface area contributed by atoms with Crippen molar-refractivity contribution in [2.24, 2.45) is 5.92 Å². The second-order valence-electron chi connectivity index (χ2n) is 7.19. The molecule has 29 heavy (non-hydrogen) atoms. The lowest BCUT2D eigenvalue weighted by atomic mass is 9.99. The van der Waals surface area contributed by atoms with Gasteiger partial charge in [0.15, 0.2) is 0 Å². The Morgan fingerprint density at radius 3 is 2.45 bits per heavy atom. The number of rotatable bonds is 7. The maximum Gasteiger partial charge on any atom is 0.418 e. The summed E-state index contributed by atoms with van der Waals surface area (Å²) in [5.74, 6) is 0.280. The largest absolute Gasteiger partial charge is 0.452 e. The molecule has 1 unspecified atom stereocenters. The Kier molecular flexibility index (Phi) is 6.99. The molecule has 0 aliphatic carbocycles. The first-order chi connectivity index (χ1) is 14.0. The summed E-state index contributed by atoms with van der Waals surface area (Å²) >= 11 is 4.38. The van der Waals surface area contributed by atoms with E-state index in [2.05, 4.69) is 17.9 Å². The van der Waals surface area contributed by atoms with Gasteiger partial charge in [-0.05, 0) is 37.0 Å². The molecular weight excluding hydrogens is 384 g/mol. The maximum atomic E-state index is 12.8. The molecule has 3 aromatic rings. The van der Waals surface area contributed by atoms with Crippen LogP contribution in [0.2, 0.25) is 0 Å². The van der Waals surface area contributed by atoms with Crippen LogP contribution in [0.5, 0.6) is 0 Å². The molecule has 0 saturated carbocycles. The van der Waals surface area contributed by atoms with E-state index < -0.39 is 6.09 Å². The Balaban J connectivity index is 1.71. The van der Waals surface area contributed by atoms with E-state index in [0.29, 0.717) is 18.6 Å². The number of hydrogen-bond acceptors (Lipinski definition) is 4. The molecule has 0 fully saturated rings. The van der Waals surface area contributed by atoms with E-state index in [1.54, 1.807) is 6.20 Å². The normalized spacial score (nSPS) is 13.1. The van der Waals surface area contributed by atoms with Crippen molar-refractivity contribution in [2.75, 3.05) is 12.9 Å². The van der Waals surface area contributed by atoms with Crippen LogP contribution < -0.4 is 5.32 Å². The number of para-hydroxylation sites is 1. The van der Waals surface area contributed by atoms with Crippen molar-refractivity contribution in [1.82, 2.24) is 9.88 Å². The zero-order valence-corrected chi connectivity index (χ0v) is 17.6. The SMILES string of the molecule is COC(=O)n1cc(C[C@@H](C)NC(=O)C(CS)Cc2ccccc2)c2ccccc21. The van der Waals surface area contributed by atoms with Gasteiger partial charge in [-0.15, -0.1) is 0 Å². The summed E-state index contributed by atoms with van der Waals surface area (Å²) in [5.41, 5.74) is 2.91. The number of amides is 1. The Morgan fingerprint density at radius 1 is 1.07 bits per heavy atom. The van der Waals surface area contributed by atoms with Crippen molar-refractivity contribution in [3.63, 3.8) is 0 Å². The zero-order chi connectivity index (χ0) is 20.8. The van der Waals surface area contributed by atoms with E-state index in [1.807, 2.05) is 61.5 Å². The first kappa shape index (κ1) is 21.0. The molecule has 0 spiro atoms. The summed E-state index contributed by atoms with van der Waals surface area (Å²) in [6, 6.07) is 17.6. The Hall–Kier alpha value is -2.73. The summed E-state index contributed by atoms with van der Waals surface area (Å²) in [6.45, 7) is 1.97. The van der Waals surface area contributed by atoms with Gasteiger partial charge in [0.25, 0.3) is 0 Å². The molecule has 1 heterocycles. The van der Waals surface area contributed by atoms with Gasteiger partial charge in [0.1, 0.15) is 0 Å². The Morgan fingerprint density at radius 2 is 1.76 bits per heavy atom. The zero-order valence-electron chi connectivity index (χ0n) is 16.7.